The van der Waals surface area contributed by atoms with Crippen LogP contribution in [-0.4, -0.2) is 50.6 Å². The molecule has 1 aliphatic rings. The van der Waals surface area contributed by atoms with E-state index in [1.54, 1.807) is 12.3 Å². The highest BCUT2D eigenvalue weighted by Crippen LogP contribution is 2.18. The van der Waals surface area contributed by atoms with E-state index in [0.29, 0.717) is 0 Å². The van der Waals surface area contributed by atoms with Crippen molar-refractivity contribution in [3.63, 3.8) is 0 Å². The predicted octanol–water partition coefficient (Wildman–Crippen LogP) is 1.44. The van der Waals surface area contributed by atoms with Crippen LogP contribution in [-0.2, 0) is 4.79 Å². The number of aromatic nitrogens is 2. The summed E-state index contributed by atoms with van der Waals surface area (Å²) < 4.78 is 15.5. The topological polar surface area (TPSA) is 84.3 Å². The maximum Gasteiger partial charge on any atom is 0.288 e. The van der Waals surface area contributed by atoms with Gasteiger partial charge in [0, 0.05) is 31.0 Å². The van der Waals surface area contributed by atoms with Gasteiger partial charge in [0.2, 0.25) is 5.91 Å². The van der Waals surface area contributed by atoms with Crippen molar-refractivity contribution in [3.8, 4) is 5.69 Å². The molecule has 24 heavy (non-hydrogen) atoms. The summed E-state index contributed by atoms with van der Waals surface area (Å²) >= 11 is 0.938. The van der Waals surface area contributed by atoms with Crippen LogP contribution in [0.5, 0.6) is 0 Å². The van der Waals surface area contributed by atoms with Gasteiger partial charge in [-0.15, -0.1) is 0 Å². The molecule has 0 atom stereocenters. The van der Waals surface area contributed by atoms with E-state index in [0.717, 1.165) is 22.7 Å². The Morgan fingerprint density at radius 1 is 1.38 bits per heavy atom. The molecule has 0 radical (unpaired) electrons. The van der Waals surface area contributed by atoms with E-state index in [9.17, 15) is 18.8 Å². The third kappa shape index (κ3) is 3.30. The van der Waals surface area contributed by atoms with Gasteiger partial charge in [-0.1, -0.05) is 11.8 Å². The number of rotatable bonds is 5. The van der Waals surface area contributed by atoms with Crippen LogP contribution >= 0.6 is 11.8 Å². The zero-order valence-electron chi connectivity index (χ0n) is 12.4. The van der Waals surface area contributed by atoms with E-state index in [2.05, 4.69) is 10.4 Å². The van der Waals surface area contributed by atoms with Gasteiger partial charge in [-0.2, -0.15) is 5.10 Å². The van der Waals surface area contributed by atoms with Gasteiger partial charge in [-0.05, 0) is 24.3 Å². The first kappa shape index (κ1) is 16.2. The number of imide groups is 1. The summed E-state index contributed by atoms with van der Waals surface area (Å²) in [5, 5.41) is 6.18. The highest BCUT2D eigenvalue weighted by Gasteiger charge is 2.29. The van der Waals surface area contributed by atoms with Gasteiger partial charge in [0.15, 0.2) is 0 Å². The third-order valence-corrected chi connectivity index (χ3v) is 4.28. The second-order valence-corrected chi connectivity index (χ2v) is 5.90. The Hall–Kier alpha value is -2.68. The first-order valence-electron chi connectivity index (χ1n) is 7.11. The zero-order valence-corrected chi connectivity index (χ0v) is 13.3. The normalized spacial score (nSPS) is 14.3. The van der Waals surface area contributed by atoms with Crippen LogP contribution in [0.15, 0.2) is 36.7 Å². The predicted molar refractivity (Wildman–Crippen MR) is 85.4 cm³/mol. The molecule has 3 amide bonds. The molecule has 1 saturated heterocycles. The highest BCUT2D eigenvalue weighted by molar-refractivity contribution is 8.14. The van der Waals surface area contributed by atoms with Crippen molar-refractivity contribution in [1.82, 2.24) is 20.0 Å². The van der Waals surface area contributed by atoms with Crippen molar-refractivity contribution in [2.24, 2.45) is 0 Å². The SMILES string of the molecule is O=C(NCCN1C(=O)CSC1=O)c1ccc(-n2cccn2)c(F)c1. The number of nitrogens with one attached hydrogen (secondary N) is 1. The van der Waals surface area contributed by atoms with Crippen LogP contribution in [0.4, 0.5) is 9.18 Å². The van der Waals surface area contributed by atoms with Crippen molar-refractivity contribution < 1.29 is 18.8 Å². The minimum absolute atomic E-state index is 0.101. The molecular weight excluding hydrogens is 335 g/mol. The Morgan fingerprint density at radius 3 is 2.83 bits per heavy atom. The molecule has 1 aromatic heterocycles. The van der Waals surface area contributed by atoms with Gasteiger partial charge >= 0.3 is 0 Å². The van der Waals surface area contributed by atoms with Gasteiger partial charge in [0.1, 0.15) is 11.5 Å². The standard InChI is InChI=1S/C15H13FN4O3S/c16-11-8-10(2-3-12(11)20-6-1-4-18-20)14(22)17-5-7-19-13(21)9-24-15(19)23/h1-4,6,8H,5,7,9H2,(H,17,22). The second-order valence-electron chi connectivity index (χ2n) is 4.97. The molecule has 7 nitrogen and oxygen atoms in total. The van der Waals surface area contributed by atoms with E-state index < -0.39 is 11.7 Å². The number of nitrogens with zero attached hydrogens (tertiary/aromatic N) is 3. The number of halogens is 1. The Morgan fingerprint density at radius 2 is 2.21 bits per heavy atom. The molecule has 2 aromatic rings. The monoisotopic (exact) mass is 348 g/mol. The molecule has 9 heteroatoms. The van der Waals surface area contributed by atoms with E-state index in [4.69, 9.17) is 0 Å². The molecule has 1 fully saturated rings. The van der Waals surface area contributed by atoms with Crippen LogP contribution in [0.25, 0.3) is 5.69 Å². The minimum Gasteiger partial charge on any atom is -0.350 e. The van der Waals surface area contributed by atoms with Crippen LogP contribution < -0.4 is 5.32 Å². The van der Waals surface area contributed by atoms with E-state index in [1.807, 2.05) is 0 Å². The number of thioether (sulfide) groups is 1. The minimum atomic E-state index is -0.576. The summed E-state index contributed by atoms with van der Waals surface area (Å²) in [5.74, 6) is -1.19. The van der Waals surface area contributed by atoms with Crippen molar-refractivity contribution in [2.75, 3.05) is 18.8 Å². The summed E-state index contributed by atoms with van der Waals surface area (Å²) in [6, 6.07) is 5.73. The van der Waals surface area contributed by atoms with Gasteiger partial charge in [0.25, 0.3) is 11.1 Å². The maximum atomic E-state index is 14.1. The largest absolute Gasteiger partial charge is 0.350 e. The quantitative estimate of drug-likeness (QED) is 0.884. The average molecular weight is 348 g/mol. The molecule has 1 aromatic carbocycles. The zero-order chi connectivity index (χ0) is 17.1. The van der Waals surface area contributed by atoms with Crippen molar-refractivity contribution >= 4 is 28.8 Å². The summed E-state index contributed by atoms with van der Waals surface area (Å²) in [6.07, 6.45) is 3.12. The van der Waals surface area contributed by atoms with Gasteiger partial charge in [0.05, 0.1) is 5.75 Å². The average Bonchev–Trinajstić information content (AvgIpc) is 3.19. The molecule has 0 saturated carbocycles. The molecule has 1 aliphatic heterocycles. The van der Waals surface area contributed by atoms with Gasteiger partial charge < -0.3 is 5.32 Å². The molecule has 0 bridgehead atoms. The first-order valence-corrected chi connectivity index (χ1v) is 8.10. The smallest absolute Gasteiger partial charge is 0.288 e. The number of benzene rings is 1. The molecule has 0 aliphatic carbocycles. The summed E-state index contributed by atoms with van der Waals surface area (Å²) in [5.41, 5.74) is 0.388. The van der Waals surface area contributed by atoms with E-state index in [1.165, 1.54) is 23.0 Å². The molecule has 0 unspecified atom stereocenters. The lowest BCUT2D eigenvalue weighted by Crippen LogP contribution is -2.37. The molecule has 0 spiro atoms. The molecule has 2 heterocycles. The van der Waals surface area contributed by atoms with E-state index in [-0.39, 0.29) is 41.2 Å². The molecule has 3 rings (SSSR count). The number of carbonyl (C=O) groups excluding carboxylic acids is 3. The van der Waals surface area contributed by atoms with Crippen LogP contribution in [0.3, 0.4) is 0 Å². The second kappa shape index (κ2) is 6.83. The number of amides is 3. The summed E-state index contributed by atoms with van der Waals surface area (Å²) in [4.78, 5) is 36.0. The fraction of sp³-hybridized carbons (Fsp3) is 0.200. The third-order valence-electron chi connectivity index (χ3n) is 3.42. The lowest BCUT2D eigenvalue weighted by Gasteiger charge is -2.13. The number of carbonyl (C=O) groups is 3. The van der Waals surface area contributed by atoms with Crippen molar-refractivity contribution in [2.45, 2.75) is 0 Å². The molecule has 1 N–H and O–H groups in total. The van der Waals surface area contributed by atoms with Crippen LogP contribution in [0.2, 0.25) is 0 Å². The lowest BCUT2D eigenvalue weighted by molar-refractivity contribution is -0.124. The highest BCUT2D eigenvalue weighted by atomic mass is 32.2. The summed E-state index contributed by atoms with van der Waals surface area (Å²) in [7, 11) is 0. The Labute approximate surface area is 140 Å². The number of hydrogen-bond donors (Lipinski definition) is 1. The Kier molecular flexibility index (Phi) is 4.61. The molecular formula is C15H13FN4O3S. The lowest BCUT2D eigenvalue weighted by atomic mass is 10.2. The summed E-state index contributed by atoms with van der Waals surface area (Å²) in [6.45, 7) is 0.212. The van der Waals surface area contributed by atoms with Crippen LogP contribution in [0.1, 0.15) is 10.4 Å². The first-order chi connectivity index (χ1) is 11.6. The van der Waals surface area contributed by atoms with Crippen LogP contribution in [0, 0.1) is 5.82 Å². The van der Waals surface area contributed by atoms with Crippen molar-refractivity contribution in [1.29, 1.82) is 0 Å². The van der Waals surface area contributed by atoms with Gasteiger partial charge in [-0.25, -0.2) is 9.07 Å². The number of hydrogen-bond acceptors (Lipinski definition) is 5. The Bertz CT molecular complexity index is 778. The fourth-order valence-electron chi connectivity index (χ4n) is 2.23. The Balaban J connectivity index is 1.60. The van der Waals surface area contributed by atoms with E-state index >= 15 is 0 Å². The van der Waals surface area contributed by atoms with Crippen molar-refractivity contribution in [3.05, 3.63) is 48.0 Å². The fourth-order valence-corrected chi connectivity index (χ4v) is 2.98. The molecule has 124 valence electrons. The maximum absolute atomic E-state index is 14.1. The van der Waals surface area contributed by atoms with Gasteiger partial charge in [-0.3, -0.25) is 19.3 Å².